The van der Waals surface area contributed by atoms with E-state index in [0.29, 0.717) is 17.8 Å². The number of hydrogen-bond acceptors (Lipinski definition) is 2. The van der Waals surface area contributed by atoms with E-state index in [-0.39, 0.29) is 0 Å². The number of rotatable bonds is 2. The summed E-state index contributed by atoms with van der Waals surface area (Å²) in [5, 5.41) is 0. The second-order valence-electron chi connectivity index (χ2n) is 4.60. The van der Waals surface area contributed by atoms with Crippen LogP contribution < -0.4 is 0 Å². The van der Waals surface area contributed by atoms with Crippen LogP contribution in [0.3, 0.4) is 0 Å². The van der Waals surface area contributed by atoms with E-state index in [1.807, 2.05) is 0 Å². The highest BCUT2D eigenvalue weighted by Gasteiger charge is 2.34. The van der Waals surface area contributed by atoms with E-state index in [4.69, 9.17) is 4.74 Å². The molecule has 0 aromatic heterocycles. The highest BCUT2D eigenvalue weighted by atomic mass is 16.5. The number of carbonyl (C=O) groups excluding carboxylic acids is 1. The molecule has 2 heteroatoms. The van der Waals surface area contributed by atoms with Gasteiger partial charge in [0.05, 0.1) is 6.10 Å². The molecule has 84 valence electrons. The molecule has 0 spiro atoms. The zero-order valence-corrected chi connectivity index (χ0v) is 9.71. The molecule has 0 N–H and O–H groups in total. The first-order valence-electron chi connectivity index (χ1n) is 6.19. The Bertz CT molecular complexity index is 291. The molecular weight excluding hydrogens is 188 g/mol. The SMILES string of the molecule is CCC1C[C@@H](CC)C2=C(CCCC2=O)O1. The number of carbonyl (C=O) groups is 1. The first-order chi connectivity index (χ1) is 7.26. The topological polar surface area (TPSA) is 26.3 Å². The molecule has 2 aliphatic rings. The molecule has 0 amide bonds. The van der Waals surface area contributed by atoms with E-state index < -0.39 is 0 Å². The summed E-state index contributed by atoms with van der Waals surface area (Å²) in [5.41, 5.74) is 1.04. The van der Waals surface area contributed by atoms with Crippen molar-refractivity contribution in [1.82, 2.24) is 0 Å². The number of ether oxygens (including phenoxy) is 1. The maximum Gasteiger partial charge on any atom is 0.162 e. The molecular formula is C13H20O2. The van der Waals surface area contributed by atoms with Crippen molar-refractivity contribution >= 4 is 5.78 Å². The molecule has 1 aliphatic carbocycles. The van der Waals surface area contributed by atoms with Crippen LogP contribution in [0.2, 0.25) is 0 Å². The second kappa shape index (κ2) is 4.38. The number of allylic oxidation sites excluding steroid dienone is 2. The Labute approximate surface area is 91.7 Å². The van der Waals surface area contributed by atoms with Gasteiger partial charge in [0.15, 0.2) is 5.78 Å². The number of ketones is 1. The minimum absolute atomic E-state index is 0.345. The number of hydrogen-bond donors (Lipinski definition) is 0. The van der Waals surface area contributed by atoms with E-state index in [1.165, 1.54) is 0 Å². The lowest BCUT2D eigenvalue weighted by Gasteiger charge is -2.35. The fourth-order valence-corrected chi connectivity index (χ4v) is 2.72. The van der Waals surface area contributed by atoms with Gasteiger partial charge >= 0.3 is 0 Å². The van der Waals surface area contributed by atoms with Crippen LogP contribution >= 0.6 is 0 Å². The Morgan fingerprint density at radius 1 is 1.27 bits per heavy atom. The van der Waals surface area contributed by atoms with Crippen molar-refractivity contribution < 1.29 is 9.53 Å². The standard InChI is InChI=1S/C13H20O2/c1-3-9-8-10(4-2)15-12-7-5-6-11(14)13(9)12/h9-10H,3-8H2,1-2H3/t9-,10?/m1/s1. The summed E-state index contributed by atoms with van der Waals surface area (Å²) in [6.07, 6.45) is 6.21. The van der Waals surface area contributed by atoms with Crippen molar-refractivity contribution in [1.29, 1.82) is 0 Å². The summed E-state index contributed by atoms with van der Waals surface area (Å²) in [7, 11) is 0. The van der Waals surface area contributed by atoms with Crippen LogP contribution in [0.1, 0.15) is 52.4 Å². The highest BCUT2D eigenvalue weighted by Crippen LogP contribution is 2.38. The minimum Gasteiger partial charge on any atom is -0.494 e. The highest BCUT2D eigenvalue weighted by molar-refractivity contribution is 5.97. The van der Waals surface area contributed by atoms with E-state index in [0.717, 1.165) is 49.9 Å². The molecule has 15 heavy (non-hydrogen) atoms. The molecule has 1 aliphatic heterocycles. The quantitative estimate of drug-likeness (QED) is 0.696. The molecule has 0 radical (unpaired) electrons. The van der Waals surface area contributed by atoms with Crippen molar-refractivity contribution in [3.63, 3.8) is 0 Å². The zero-order valence-electron chi connectivity index (χ0n) is 9.71. The van der Waals surface area contributed by atoms with Crippen LogP contribution in [0.5, 0.6) is 0 Å². The van der Waals surface area contributed by atoms with E-state index in [2.05, 4.69) is 13.8 Å². The molecule has 0 aromatic carbocycles. The summed E-state index contributed by atoms with van der Waals surface area (Å²) >= 11 is 0. The van der Waals surface area contributed by atoms with Gasteiger partial charge < -0.3 is 4.74 Å². The summed E-state index contributed by atoms with van der Waals surface area (Å²) in [4.78, 5) is 11.9. The van der Waals surface area contributed by atoms with Crippen LogP contribution in [0.4, 0.5) is 0 Å². The third-order valence-corrected chi connectivity index (χ3v) is 3.62. The van der Waals surface area contributed by atoms with Crippen molar-refractivity contribution in [2.45, 2.75) is 58.5 Å². The third-order valence-electron chi connectivity index (χ3n) is 3.62. The van der Waals surface area contributed by atoms with Gasteiger partial charge in [0.2, 0.25) is 0 Å². The van der Waals surface area contributed by atoms with Gasteiger partial charge in [-0.3, -0.25) is 4.79 Å². The zero-order chi connectivity index (χ0) is 10.8. The maximum atomic E-state index is 11.9. The second-order valence-corrected chi connectivity index (χ2v) is 4.60. The summed E-state index contributed by atoms with van der Waals surface area (Å²) < 4.78 is 5.90. The Hall–Kier alpha value is -0.790. The molecule has 0 saturated carbocycles. The van der Waals surface area contributed by atoms with Gasteiger partial charge in [-0.25, -0.2) is 0 Å². The molecule has 2 rings (SSSR count). The van der Waals surface area contributed by atoms with Crippen LogP contribution in [0, 0.1) is 5.92 Å². The van der Waals surface area contributed by atoms with E-state index in [9.17, 15) is 4.79 Å². The van der Waals surface area contributed by atoms with Gasteiger partial charge in [0.25, 0.3) is 0 Å². The Morgan fingerprint density at radius 2 is 2.07 bits per heavy atom. The first-order valence-corrected chi connectivity index (χ1v) is 6.19. The average molecular weight is 208 g/mol. The Balaban J connectivity index is 2.27. The Morgan fingerprint density at radius 3 is 2.73 bits per heavy atom. The van der Waals surface area contributed by atoms with Crippen LogP contribution in [-0.4, -0.2) is 11.9 Å². The van der Waals surface area contributed by atoms with Crippen molar-refractivity contribution in [3.05, 3.63) is 11.3 Å². The lowest BCUT2D eigenvalue weighted by Crippen LogP contribution is -2.30. The maximum absolute atomic E-state index is 11.9. The predicted octanol–water partition coefficient (Wildman–Crippen LogP) is 3.22. The summed E-state index contributed by atoms with van der Waals surface area (Å²) in [6, 6.07) is 0. The van der Waals surface area contributed by atoms with Crippen LogP contribution in [0.25, 0.3) is 0 Å². The van der Waals surface area contributed by atoms with Crippen molar-refractivity contribution in [2.24, 2.45) is 5.92 Å². The van der Waals surface area contributed by atoms with Crippen molar-refractivity contribution in [3.8, 4) is 0 Å². The molecule has 0 bridgehead atoms. The lowest BCUT2D eigenvalue weighted by atomic mass is 9.80. The van der Waals surface area contributed by atoms with Gasteiger partial charge in [-0.15, -0.1) is 0 Å². The molecule has 1 unspecified atom stereocenters. The van der Waals surface area contributed by atoms with Crippen LogP contribution in [-0.2, 0) is 9.53 Å². The molecule has 0 aromatic rings. The monoisotopic (exact) mass is 208 g/mol. The van der Waals surface area contributed by atoms with Crippen LogP contribution in [0.15, 0.2) is 11.3 Å². The largest absolute Gasteiger partial charge is 0.494 e. The van der Waals surface area contributed by atoms with Gasteiger partial charge in [0, 0.05) is 18.4 Å². The average Bonchev–Trinajstić information content (AvgIpc) is 2.27. The van der Waals surface area contributed by atoms with E-state index >= 15 is 0 Å². The smallest absolute Gasteiger partial charge is 0.162 e. The van der Waals surface area contributed by atoms with Crippen molar-refractivity contribution in [2.75, 3.05) is 0 Å². The van der Waals surface area contributed by atoms with Gasteiger partial charge in [-0.2, -0.15) is 0 Å². The molecule has 1 heterocycles. The fourth-order valence-electron chi connectivity index (χ4n) is 2.72. The Kier molecular flexibility index (Phi) is 3.13. The van der Waals surface area contributed by atoms with E-state index in [1.54, 1.807) is 0 Å². The van der Waals surface area contributed by atoms with Gasteiger partial charge in [0.1, 0.15) is 5.76 Å². The molecule has 2 nitrogen and oxygen atoms in total. The molecule has 0 saturated heterocycles. The van der Waals surface area contributed by atoms with Gasteiger partial charge in [-0.1, -0.05) is 13.8 Å². The fraction of sp³-hybridized carbons (Fsp3) is 0.769. The normalized spacial score (nSPS) is 31.2. The predicted molar refractivity (Wildman–Crippen MR) is 59.4 cm³/mol. The summed E-state index contributed by atoms with van der Waals surface area (Å²) in [6.45, 7) is 4.34. The molecule has 2 atom stereocenters. The number of Topliss-reactive ketones (excluding diaryl/α,β-unsaturated/α-hetero) is 1. The summed E-state index contributed by atoms with van der Waals surface area (Å²) in [5.74, 6) is 1.83. The lowest BCUT2D eigenvalue weighted by molar-refractivity contribution is -0.118. The van der Waals surface area contributed by atoms with Gasteiger partial charge in [-0.05, 0) is 31.6 Å². The molecule has 0 fully saturated rings. The first kappa shape index (κ1) is 10.7. The minimum atomic E-state index is 0.345. The third kappa shape index (κ3) is 1.95.